The van der Waals surface area contributed by atoms with Crippen molar-refractivity contribution in [1.29, 1.82) is 0 Å². The van der Waals surface area contributed by atoms with Crippen LogP contribution in [0.15, 0.2) is 4.99 Å². The molecular formula is C16H32N4S. The van der Waals surface area contributed by atoms with Crippen molar-refractivity contribution < 1.29 is 0 Å². The molecule has 21 heavy (non-hydrogen) atoms. The zero-order valence-corrected chi connectivity index (χ0v) is 14.7. The van der Waals surface area contributed by atoms with Gasteiger partial charge in [-0.2, -0.15) is 11.8 Å². The summed E-state index contributed by atoms with van der Waals surface area (Å²) in [6.45, 7) is 5.73. The van der Waals surface area contributed by atoms with Gasteiger partial charge in [0.05, 0.1) is 0 Å². The number of aliphatic imine (C=N–C) groups is 1. The molecule has 122 valence electrons. The first kappa shape index (κ1) is 16.9. The maximum absolute atomic E-state index is 4.37. The largest absolute Gasteiger partial charge is 0.355 e. The van der Waals surface area contributed by atoms with Crippen molar-refractivity contribution in [3.63, 3.8) is 0 Å². The van der Waals surface area contributed by atoms with E-state index in [0.29, 0.717) is 6.04 Å². The van der Waals surface area contributed by atoms with Gasteiger partial charge in [0.1, 0.15) is 0 Å². The molecule has 3 unspecified atom stereocenters. The van der Waals surface area contributed by atoms with Crippen LogP contribution in [-0.2, 0) is 0 Å². The Balaban J connectivity index is 1.66. The molecule has 0 aromatic carbocycles. The minimum Gasteiger partial charge on any atom is -0.355 e. The molecule has 3 atom stereocenters. The third-order valence-electron chi connectivity index (χ3n) is 4.91. The van der Waals surface area contributed by atoms with E-state index in [1.54, 1.807) is 0 Å². The summed E-state index contributed by atoms with van der Waals surface area (Å²) in [5.41, 5.74) is 0. The van der Waals surface area contributed by atoms with Gasteiger partial charge in [-0.05, 0) is 51.8 Å². The van der Waals surface area contributed by atoms with E-state index < -0.39 is 0 Å². The predicted octanol–water partition coefficient (Wildman–Crippen LogP) is 2.31. The Bertz CT molecular complexity index is 334. The number of piperidine rings is 1. The van der Waals surface area contributed by atoms with Gasteiger partial charge in [0, 0.05) is 37.5 Å². The third kappa shape index (κ3) is 5.37. The molecule has 1 aliphatic carbocycles. The molecule has 0 spiro atoms. The molecule has 0 radical (unpaired) electrons. The van der Waals surface area contributed by atoms with E-state index in [1.165, 1.54) is 45.1 Å². The Morgan fingerprint density at radius 2 is 2.14 bits per heavy atom. The zero-order valence-electron chi connectivity index (χ0n) is 13.9. The number of nitrogens with one attached hydrogen (secondary N) is 2. The Kier molecular flexibility index (Phi) is 7.17. The maximum Gasteiger partial charge on any atom is 0.191 e. The standard InChI is InChI=1S/C16H32N4S/c1-13-6-4-5-10-20(13)11-9-18-16(17-2)19-14-7-8-15(12-14)21-3/h13-15H,4-12H2,1-3H3,(H2,17,18,19). The fraction of sp³-hybridized carbons (Fsp3) is 0.938. The van der Waals surface area contributed by atoms with Gasteiger partial charge in [-0.25, -0.2) is 0 Å². The second-order valence-electron chi connectivity index (χ2n) is 6.39. The third-order valence-corrected chi connectivity index (χ3v) is 6.01. The number of hydrogen-bond acceptors (Lipinski definition) is 3. The van der Waals surface area contributed by atoms with Gasteiger partial charge in [0.15, 0.2) is 5.96 Å². The number of thioether (sulfide) groups is 1. The summed E-state index contributed by atoms with van der Waals surface area (Å²) < 4.78 is 0. The van der Waals surface area contributed by atoms with E-state index in [2.05, 4.69) is 33.7 Å². The molecule has 0 amide bonds. The molecule has 5 heteroatoms. The fourth-order valence-corrected chi connectivity index (χ4v) is 4.28. The summed E-state index contributed by atoms with van der Waals surface area (Å²) in [4.78, 5) is 6.97. The van der Waals surface area contributed by atoms with E-state index in [4.69, 9.17) is 0 Å². The van der Waals surface area contributed by atoms with Gasteiger partial charge in [0.25, 0.3) is 0 Å². The normalized spacial score (nSPS) is 31.4. The number of hydrogen-bond donors (Lipinski definition) is 2. The van der Waals surface area contributed by atoms with Crippen LogP contribution >= 0.6 is 11.8 Å². The average molecular weight is 313 g/mol. The molecular weight excluding hydrogens is 280 g/mol. The minimum absolute atomic E-state index is 0.600. The van der Waals surface area contributed by atoms with Crippen molar-refractivity contribution in [1.82, 2.24) is 15.5 Å². The summed E-state index contributed by atoms with van der Waals surface area (Å²) in [6.07, 6.45) is 10.2. The summed E-state index contributed by atoms with van der Waals surface area (Å²) in [5, 5.41) is 7.90. The molecule has 2 aliphatic rings. The molecule has 2 N–H and O–H groups in total. The highest BCUT2D eigenvalue weighted by molar-refractivity contribution is 7.99. The van der Waals surface area contributed by atoms with Crippen LogP contribution in [0.3, 0.4) is 0 Å². The second-order valence-corrected chi connectivity index (χ2v) is 7.53. The zero-order chi connectivity index (χ0) is 15.1. The van der Waals surface area contributed by atoms with Crippen molar-refractivity contribution in [3.05, 3.63) is 0 Å². The minimum atomic E-state index is 0.600. The Morgan fingerprint density at radius 1 is 1.29 bits per heavy atom. The lowest BCUT2D eigenvalue weighted by Gasteiger charge is -2.33. The van der Waals surface area contributed by atoms with Crippen LogP contribution < -0.4 is 10.6 Å². The molecule has 2 fully saturated rings. The molecule has 0 aromatic rings. The topological polar surface area (TPSA) is 39.7 Å². The van der Waals surface area contributed by atoms with Crippen molar-refractivity contribution in [2.45, 2.75) is 62.8 Å². The van der Waals surface area contributed by atoms with Crippen LogP contribution in [0.1, 0.15) is 45.4 Å². The van der Waals surface area contributed by atoms with E-state index in [1.807, 2.05) is 18.8 Å². The monoisotopic (exact) mass is 312 g/mol. The highest BCUT2D eigenvalue weighted by Crippen LogP contribution is 2.27. The Hall–Kier alpha value is -0.420. The SMILES string of the molecule is CN=C(NCCN1CCCCC1C)NC1CCC(SC)C1. The fourth-order valence-electron chi connectivity index (χ4n) is 3.48. The Morgan fingerprint density at radius 3 is 2.81 bits per heavy atom. The number of nitrogens with zero attached hydrogens (tertiary/aromatic N) is 2. The summed E-state index contributed by atoms with van der Waals surface area (Å²) >= 11 is 2.00. The lowest BCUT2D eigenvalue weighted by atomic mass is 10.0. The lowest BCUT2D eigenvalue weighted by molar-refractivity contribution is 0.163. The maximum atomic E-state index is 4.37. The smallest absolute Gasteiger partial charge is 0.191 e. The van der Waals surface area contributed by atoms with Crippen molar-refractivity contribution >= 4 is 17.7 Å². The van der Waals surface area contributed by atoms with Gasteiger partial charge >= 0.3 is 0 Å². The molecule has 0 aromatic heterocycles. The highest BCUT2D eigenvalue weighted by Gasteiger charge is 2.24. The van der Waals surface area contributed by atoms with Gasteiger partial charge in [0.2, 0.25) is 0 Å². The molecule has 1 aliphatic heterocycles. The summed E-state index contributed by atoms with van der Waals surface area (Å²) in [6, 6.07) is 1.34. The highest BCUT2D eigenvalue weighted by atomic mass is 32.2. The lowest BCUT2D eigenvalue weighted by Crippen LogP contribution is -2.47. The van der Waals surface area contributed by atoms with E-state index in [0.717, 1.165) is 30.3 Å². The molecule has 0 bridgehead atoms. The molecule has 2 rings (SSSR count). The number of likely N-dealkylation sites (tertiary alicyclic amines) is 1. The molecule has 4 nitrogen and oxygen atoms in total. The quantitative estimate of drug-likeness (QED) is 0.604. The first-order chi connectivity index (χ1) is 10.2. The van der Waals surface area contributed by atoms with E-state index in [-0.39, 0.29) is 0 Å². The number of rotatable bonds is 5. The molecule has 1 heterocycles. The van der Waals surface area contributed by atoms with Gasteiger partial charge in [-0.3, -0.25) is 9.89 Å². The second kappa shape index (κ2) is 8.89. The summed E-state index contributed by atoms with van der Waals surface area (Å²) in [7, 11) is 1.87. The average Bonchev–Trinajstić information content (AvgIpc) is 2.96. The van der Waals surface area contributed by atoms with E-state index in [9.17, 15) is 0 Å². The molecule has 1 saturated carbocycles. The van der Waals surface area contributed by atoms with Crippen LogP contribution in [0.2, 0.25) is 0 Å². The van der Waals surface area contributed by atoms with Crippen LogP contribution in [0.5, 0.6) is 0 Å². The first-order valence-electron chi connectivity index (χ1n) is 8.47. The van der Waals surface area contributed by atoms with Crippen LogP contribution in [0.25, 0.3) is 0 Å². The van der Waals surface area contributed by atoms with Gasteiger partial charge in [-0.15, -0.1) is 0 Å². The Labute approximate surface area is 134 Å². The molecule has 1 saturated heterocycles. The number of guanidine groups is 1. The predicted molar refractivity (Wildman–Crippen MR) is 94.3 cm³/mol. The van der Waals surface area contributed by atoms with Crippen molar-refractivity contribution in [2.24, 2.45) is 4.99 Å². The van der Waals surface area contributed by atoms with Crippen molar-refractivity contribution in [3.8, 4) is 0 Å². The van der Waals surface area contributed by atoms with Crippen LogP contribution in [0.4, 0.5) is 0 Å². The van der Waals surface area contributed by atoms with Crippen LogP contribution in [-0.4, -0.2) is 61.1 Å². The van der Waals surface area contributed by atoms with Crippen molar-refractivity contribution in [2.75, 3.05) is 32.9 Å². The van der Waals surface area contributed by atoms with E-state index >= 15 is 0 Å². The van der Waals surface area contributed by atoms with Crippen LogP contribution in [0, 0.1) is 0 Å². The first-order valence-corrected chi connectivity index (χ1v) is 9.75. The van der Waals surface area contributed by atoms with Gasteiger partial charge < -0.3 is 10.6 Å². The summed E-state index contributed by atoms with van der Waals surface area (Å²) in [5.74, 6) is 0.978. The van der Waals surface area contributed by atoms with Gasteiger partial charge in [-0.1, -0.05) is 6.42 Å².